The number of benzene rings is 2. The summed E-state index contributed by atoms with van der Waals surface area (Å²) in [5, 5.41) is 2.86. The molecule has 144 valence electrons. The number of nitrogens with one attached hydrogen (secondary N) is 1. The highest BCUT2D eigenvalue weighted by Crippen LogP contribution is 2.18. The van der Waals surface area contributed by atoms with Crippen molar-refractivity contribution in [3.8, 4) is 5.75 Å². The molecule has 7 heteroatoms. The molecule has 2 aromatic rings. The van der Waals surface area contributed by atoms with Crippen molar-refractivity contribution in [3.63, 3.8) is 0 Å². The highest BCUT2D eigenvalue weighted by atomic mass is 35.5. The molecule has 0 aliphatic carbocycles. The third-order valence-electron chi connectivity index (χ3n) is 3.58. The Morgan fingerprint density at radius 2 is 1.69 bits per heavy atom. The number of ether oxygens (including phenoxy) is 1. The smallest absolute Gasteiger partial charge is 0.226 e. The van der Waals surface area contributed by atoms with Gasteiger partial charge in [0.15, 0.2) is 0 Å². The zero-order chi connectivity index (χ0) is 17.4. The molecule has 5 nitrogen and oxygen atoms in total. The summed E-state index contributed by atoms with van der Waals surface area (Å²) >= 11 is 0. The number of hydrogen-bond acceptors (Lipinski definition) is 4. The van der Waals surface area contributed by atoms with Gasteiger partial charge in [-0.2, -0.15) is 0 Å². The Hall–Kier alpha value is -1.79. The number of nitrogens with two attached hydrogens (primary N) is 1. The molecular formula is C19H27Cl2N3O2. The number of anilines is 1. The summed E-state index contributed by atoms with van der Waals surface area (Å²) in [7, 11) is 4.00. The van der Waals surface area contributed by atoms with Gasteiger partial charge in [-0.25, -0.2) is 0 Å². The summed E-state index contributed by atoms with van der Waals surface area (Å²) in [4.78, 5) is 14.2. The minimum absolute atomic E-state index is 0. The summed E-state index contributed by atoms with van der Waals surface area (Å²) in [6.45, 7) is 1.49. The monoisotopic (exact) mass is 399 g/mol. The Balaban J connectivity index is 0.00000312. The molecule has 1 unspecified atom stereocenters. The number of hydrogen-bond donors (Lipinski definition) is 2. The number of halogens is 2. The van der Waals surface area contributed by atoms with Crippen molar-refractivity contribution >= 4 is 36.4 Å². The molecule has 0 radical (unpaired) electrons. The van der Waals surface area contributed by atoms with Crippen molar-refractivity contribution in [3.05, 3.63) is 60.2 Å². The van der Waals surface area contributed by atoms with Crippen LogP contribution in [0.1, 0.15) is 18.0 Å². The van der Waals surface area contributed by atoms with E-state index >= 15 is 0 Å². The first-order chi connectivity index (χ1) is 11.5. The van der Waals surface area contributed by atoms with Crippen LogP contribution in [0.2, 0.25) is 0 Å². The van der Waals surface area contributed by atoms with Crippen LogP contribution in [-0.2, 0) is 4.79 Å². The molecule has 2 aromatic carbocycles. The van der Waals surface area contributed by atoms with Crippen molar-refractivity contribution in [2.24, 2.45) is 5.73 Å². The van der Waals surface area contributed by atoms with Crippen LogP contribution in [-0.4, -0.2) is 38.1 Å². The fourth-order valence-corrected chi connectivity index (χ4v) is 2.21. The number of nitrogens with zero attached hydrogens (tertiary/aromatic N) is 1. The normalized spacial score (nSPS) is 11.1. The van der Waals surface area contributed by atoms with Crippen LogP contribution in [0.25, 0.3) is 0 Å². The van der Waals surface area contributed by atoms with E-state index in [4.69, 9.17) is 10.5 Å². The summed E-state index contributed by atoms with van der Waals surface area (Å²) in [5.74, 6) is 0.684. The van der Waals surface area contributed by atoms with E-state index in [2.05, 4.69) is 10.2 Å². The number of rotatable bonds is 8. The summed E-state index contributed by atoms with van der Waals surface area (Å²) in [5.41, 5.74) is 7.76. The van der Waals surface area contributed by atoms with Crippen molar-refractivity contribution in [1.82, 2.24) is 4.90 Å². The molecular weight excluding hydrogens is 373 g/mol. The van der Waals surface area contributed by atoms with E-state index in [1.165, 1.54) is 0 Å². The molecule has 0 saturated heterocycles. The van der Waals surface area contributed by atoms with Gasteiger partial charge >= 0.3 is 0 Å². The summed E-state index contributed by atoms with van der Waals surface area (Å²) in [6, 6.07) is 16.7. The highest BCUT2D eigenvalue weighted by molar-refractivity contribution is 5.91. The van der Waals surface area contributed by atoms with E-state index in [-0.39, 0.29) is 43.2 Å². The minimum Gasteiger partial charge on any atom is -0.492 e. The second kappa shape index (κ2) is 12.5. The van der Waals surface area contributed by atoms with Gasteiger partial charge in [0.25, 0.3) is 0 Å². The lowest BCUT2D eigenvalue weighted by molar-refractivity contribution is -0.116. The molecule has 0 fully saturated rings. The topological polar surface area (TPSA) is 67.6 Å². The SMILES string of the molecule is CN(C)CCOc1ccc(NC(=O)CC(N)c2ccccc2)cc1.Cl.Cl. The molecule has 3 N–H and O–H groups in total. The maximum absolute atomic E-state index is 12.1. The first-order valence-electron chi connectivity index (χ1n) is 8.02. The molecule has 0 aliphatic rings. The van der Waals surface area contributed by atoms with E-state index in [0.29, 0.717) is 6.61 Å². The largest absolute Gasteiger partial charge is 0.492 e. The van der Waals surface area contributed by atoms with Crippen molar-refractivity contribution in [1.29, 1.82) is 0 Å². The van der Waals surface area contributed by atoms with Crippen LogP contribution >= 0.6 is 24.8 Å². The van der Waals surface area contributed by atoms with Crippen molar-refractivity contribution < 1.29 is 9.53 Å². The zero-order valence-electron chi connectivity index (χ0n) is 15.1. The lowest BCUT2D eigenvalue weighted by atomic mass is 10.0. The molecule has 0 aliphatic heterocycles. The molecule has 0 bridgehead atoms. The molecule has 0 heterocycles. The van der Waals surface area contributed by atoms with E-state index in [9.17, 15) is 4.79 Å². The molecule has 1 atom stereocenters. The second-order valence-corrected chi connectivity index (χ2v) is 5.95. The van der Waals surface area contributed by atoms with Gasteiger partial charge in [-0.1, -0.05) is 30.3 Å². The van der Waals surface area contributed by atoms with Gasteiger partial charge in [-0.3, -0.25) is 4.79 Å². The van der Waals surface area contributed by atoms with Crippen LogP contribution in [0.5, 0.6) is 5.75 Å². The number of carbonyl (C=O) groups is 1. The Morgan fingerprint density at radius 3 is 2.27 bits per heavy atom. The Labute approximate surface area is 167 Å². The number of amides is 1. The second-order valence-electron chi connectivity index (χ2n) is 5.95. The van der Waals surface area contributed by atoms with Crippen LogP contribution in [0.3, 0.4) is 0 Å². The van der Waals surface area contributed by atoms with Gasteiger partial charge in [0.05, 0.1) is 0 Å². The zero-order valence-corrected chi connectivity index (χ0v) is 16.7. The van der Waals surface area contributed by atoms with E-state index in [0.717, 1.165) is 23.5 Å². The van der Waals surface area contributed by atoms with Gasteiger partial charge in [-0.15, -0.1) is 24.8 Å². The van der Waals surface area contributed by atoms with Crippen LogP contribution < -0.4 is 15.8 Å². The predicted molar refractivity (Wildman–Crippen MR) is 112 cm³/mol. The summed E-state index contributed by atoms with van der Waals surface area (Å²) < 4.78 is 5.62. The fraction of sp³-hybridized carbons (Fsp3) is 0.316. The Morgan fingerprint density at radius 1 is 1.08 bits per heavy atom. The molecule has 1 amide bonds. The Kier molecular flexibility index (Phi) is 11.7. The van der Waals surface area contributed by atoms with E-state index in [1.807, 2.05) is 68.7 Å². The van der Waals surface area contributed by atoms with Gasteiger partial charge in [0.2, 0.25) is 5.91 Å². The van der Waals surface area contributed by atoms with Gasteiger partial charge in [0.1, 0.15) is 12.4 Å². The lowest BCUT2D eigenvalue weighted by Crippen LogP contribution is -2.20. The average molecular weight is 400 g/mol. The van der Waals surface area contributed by atoms with E-state index < -0.39 is 0 Å². The first kappa shape index (κ1) is 24.2. The minimum atomic E-state index is -0.306. The molecule has 26 heavy (non-hydrogen) atoms. The Bertz CT molecular complexity index is 637. The van der Waals surface area contributed by atoms with Crippen LogP contribution in [0.4, 0.5) is 5.69 Å². The van der Waals surface area contributed by atoms with Gasteiger partial charge in [0, 0.05) is 24.7 Å². The third kappa shape index (κ3) is 8.54. The number of likely N-dealkylation sites (N-methyl/N-ethyl adjacent to an activating group) is 1. The van der Waals surface area contributed by atoms with Crippen molar-refractivity contribution in [2.75, 3.05) is 32.6 Å². The third-order valence-corrected chi connectivity index (χ3v) is 3.58. The molecule has 2 rings (SSSR count). The lowest BCUT2D eigenvalue weighted by Gasteiger charge is -2.13. The van der Waals surface area contributed by atoms with Crippen LogP contribution in [0, 0.1) is 0 Å². The maximum atomic E-state index is 12.1. The first-order valence-corrected chi connectivity index (χ1v) is 8.02. The summed E-state index contributed by atoms with van der Waals surface area (Å²) in [6.07, 6.45) is 0.241. The predicted octanol–water partition coefficient (Wildman–Crippen LogP) is 3.50. The molecule has 0 saturated carbocycles. The quantitative estimate of drug-likeness (QED) is 0.712. The van der Waals surface area contributed by atoms with Gasteiger partial charge in [-0.05, 0) is 43.9 Å². The van der Waals surface area contributed by atoms with E-state index in [1.54, 1.807) is 0 Å². The van der Waals surface area contributed by atoms with Crippen molar-refractivity contribution in [2.45, 2.75) is 12.5 Å². The van der Waals surface area contributed by atoms with Gasteiger partial charge < -0.3 is 20.7 Å². The van der Waals surface area contributed by atoms with Crippen LogP contribution in [0.15, 0.2) is 54.6 Å². The fourth-order valence-electron chi connectivity index (χ4n) is 2.21. The molecule has 0 aromatic heterocycles. The molecule has 0 spiro atoms. The average Bonchev–Trinajstić information content (AvgIpc) is 2.57. The highest BCUT2D eigenvalue weighted by Gasteiger charge is 2.11. The standard InChI is InChI=1S/C19H25N3O2.2ClH/c1-22(2)12-13-24-17-10-8-16(9-11-17)21-19(23)14-18(20)15-6-4-3-5-7-15;;/h3-11,18H,12-14,20H2,1-2H3,(H,21,23);2*1H. The maximum Gasteiger partial charge on any atom is 0.226 e. The number of carbonyl (C=O) groups excluding carboxylic acids is 1.